The minimum Gasteiger partial charge on any atom is -0.490 e. The van der Waals surface area contributed by atoms with Gasteiger partial charge in [-0.25, -0.2) is 0 Å². The lowest BCUT2D eigenvalue weighted by molar-refractivity contribution is -0.147. The lowest BCUT2D eigenvalue weighted by atomic mass is 9.71. The van der Waals surface area contributed by atoms with E-state index < -0.39 is 11.7 Å². The minimum atomic E-state index is -1.21. The van der Waals surface area contributed by atoms with E-state index in [9.17, 15) is 10.2 Å². The topological polar surface area (TPSA) is 52.9 Å². The van der Waals surface area contributed by atoms with Crippen LogP contribution in [-0.2, 0) is 0 Å². The number of piperidine rings is 1. The zero-order chi connectivity index (χ0) is 19.7. The molecule has 27 heavy (non-hydrogen) atoms. The van der Waals surface area contributed by atoms with Gasteiger partial charge in [0.15, 0.2) is 0 Å². The molecule has 0 amide bonds. The number of aliphatic hydroxyl groups excluding tert-OH is 1. The van der Waals surface area contributed by atoms with Gasteiger partial charge in [-0.05, 0) is 68.1 Å². The number of aliphatic hydroxyl groups is 2. The molecular formula is C23H37NO3. The van der Waals surface area contributed by atoms with Crippen molar-refractivity contribution in [3.05, 3.63) is 29.8 Å². The predicted octanol–water partition coefficient (Wildman–Crippen LogP) is 3.78. The van der Waals surface area contributed by atoms with E-state index in [1.807, 2.05) is 31.2 Å². The van der Waals surface area contributed by atoms with Gasteiger partial charge in [0.1, 0.15) is 18.0 Å². The maximum atomic E-state index is 11.1. The molecule has 1 aromatic carbocycles. The van der Waals surface area contributed by atoms with Gasteiger partial charge in [0.25, 0.3) is 0 Å². The van der Waals surface area contributed by atoms with Gasteiger partial charge >= 0.3 is 0 Å². The maximum Gasteiger partial charge on any atom is 0.137 e. The van der Waals surface area contributed by atoms with E-state index in [4.69, 9.17) is 4.74 Å². The normalized spacial score (nSPS) is 33.0. The SMILES string of the molecule is Cc1cccc(OC[C@@]2(O)CN(C3CCC(C(C)(C)C)CC3)CC[C@@H]2O)c1. The van der Waals surface area contributed by atoms with E-state index in [-0.39, 0.29) is 6.61 Å². The van der Waals surface area contributed by atoms with Crippen molar-refractivity contribution in [2.75, 3.05) is 19.7 Å². The number of benzene rings is 1. The van der Waals surface area contributed by atoms with Gasteiger partial charge < -0.3 is 14.9 Å². The summed E-state index contributed by atoms with van der Waals surface area (Å²) in [4.78, 5) is 2.39. The second-order valence-electron chi connectivity index (χ2n) is 9.86. The molecule has 2 N–H and O–H groups in total. The third-order valence-electron chi connectivity index (χ3n) is 6.70. The van der Waals surface area contributed by atoms with Crippen molar-refractivity contribution in [1.82, 2.24) is 4.90 Å². The van der Waals surface area contributed by atoms with Crippen LogP contribution in [0.25, 0.3) is 0 Å². The van der Waals surface area contributed by atoms with Crippen LogP contribution in [0.1, 0.15) is 58.4 Å². The molecule has 0 spiro atoms. The molecule has 1 aliphatic heterocycles. The van der Waals surface area contributed by atoms with Crippen LogP contribution in [0.3, 0.4) is 0 Å². The van der Waals surface area contributed by atoms with Crippen molar-refractivity contribution in [2.24, 2.45) is 11.3 Å². The Morgan fingerprint density at radius 3 is 2.48 bits per heavy atom. The van der Waals surface area contributed by atoms with Crippen LogP contribution >= 0.6 is 0 Å². The maximum absolute atomic E-state index is 11.1. The summed E-state index contributed by atoms with van der Waals surface area (Å²) in [6.07, 6.45) is 4.76. The Kier molecular flexibility index (Phi) is 6.19. The van der Waals surface area contributed by atoms with Gasteiger partial charge in [0.05, 0.1) is 6.10 Å². The van der Waals surface area contributed by atoms with Crippen LogP contribution in [0.5, 0.6) is 5.75 Å². The van der Waals surface area contributed by atoms with Gasteiger partial charge in [-0.15, -0.1) is 0 Å². The molecular weight excluding hydrogens is 338 g/mol. The van der Waals surface area contributed by atoms with Crippen molar-refractivity contribution < 1.29 is 14.9 Å². The molecule has 0 unspecified atom stereocenters. The summed E-state index contributed by atoms with van der Waals surface area (Å²) >= 11 is 0. The van der Waals surface area contributed by atoms with E-state index in [0.717, 1.165) is 23.8 Å². The highest BCUT2D eigenvalue weighted by Gasteiger charge is 2.44. The Labute approximate surface area is 164 Å². The summed E-state index contributed by atoms with van der Waals surface area (Å²) in [6, 6.07) is 8.35. The van der Waals surface area contributed by atoms with Crippen LogP contribution in [-0.4, -0.2) is 52.6 Å². The summed E-state index contributed by atoms with van der Waals surface area (Å²) in [5.74, 6) is 1.53. The van der Waals surface area contributed by atoms with Crippen molar-refractivity contribution in [3.63, 3.8) is 0 Å². The minimum absolute atomic E-state index is 0.130. The summed E-state index contributed by atoms with van der Waals surface area (Å²) in [7, 11) is 0. The number of hydrogen-bond acceptors (Lipinski definition) is 4. The van der Waals surface area contributed by atoms with E-state index >= 15 is 0 Å². The predicted molar refractivity (Wildman–Crippen MR) is 109 cm³/mol. The molecule has 4 nitrogen and oxygen atoms in total. The molecule has 152 valence electrons. The quantitative estimate of drug-likeness (QED) is 0.841. The Hall–Kier alpha value is -1.10. The Morgan fingerprint density at radius 2 is 1.85 bits per heavy atom. The average Bonchev–Trinajstić information content (AvgIpc) is 2.62. The molecule has 1 heterocycles. The lowest BCUT2D eigenvalue weighted by Crippen LogP contribution is -2.62. The molecule has 1 saturated carbocycles. The highest BCUT2D eigenvalue weighted by Crippen LogP contribution is 2.40. The molecule has 1 aliphatic carbocycles. The molecule has 2 atom stereocenters. The summed E-state index contributed by atoms with van der Waals surface area (Å²) < 4.78 is 5.86. The fourth-order valence-corrected chi connectivity index (χ4v) is 4.77. The van der Waals surface area contributed by atoms with E-state index in [1.165, 1.54) is 25.7 Å². The highest BCUT2D eigenvalue weighted by molar-refractivity contribution is 5.27. The number of β-amino-alcohol motifs (C(OH)–C–C–N with tert-alkyl or cyclic N) is 1. The lowest BCUT2D eigenvalue weighted by Gasteiger charge is -2.47. The number of ether oxygens (including phenoxy) is 1. The van der Waals surface area contributed by atoms with Crippen LogP contribution in [0.2, 0.25) is 0 Å². The van der Waals surface area contributed by atoms with Crippen molar-refractivity contribution in [3.8, 4) is 5.75 Å². The third-order valence-corrected chi connectivity index (χ3v) is 6.70. The molecule has 0 aromatic heterocycles. The largest absolute Gasteiger partial charge is 0.490 e. The molecule has 0 bridgehead atoms. The van der Waals surface area contributed by atoms with Gasteiger partial charge in [0.2, 0.25) is 0 Å². The zero-order valence-electron chi connectivity index (χ0n) is 17.4. The number of nitrogens with zero attached hydrogens (tertiary/aromatic N) is 1. The van der Waals surface area contributed by atoms with E-state index in [0.29, 0.717) is 24.4 Å². The smallest absolute Gasteiger partial charge is 0.137 e. The third kappa shape index (κ3) is 5.04. The Bertz CT molecular complexity index is 618. The van der Waals surface area contributed by atoms with E-state index in [2.05, 4.69) is 25.7 Å². The molecule has 3 rings (SSSR count). The molecule has 1 saturated heterocycles. The number of rotatable bonds is 4. The zero-order valence-corrected chi connectivity index (χ0v) is 17.4. The molecule has 1 aromatic rings. The monoisotopic (exact) mass is 375 g/mol. The van der Waals surface area contributed by atoms with Gasteiger partial charge in [0, 0.05) is 19.1 Å². The second-order valence-corrected chi connectivity index (χ2v) is 9.86. The molecule has 4 heteroatoms. The standard InChI is InChI=1S/C23H37NO3/c1-17-6-5-7-20(14-17)27-16-23(26)15-24(13-12-21(23)25)19-10-8-18(9-11-19)22(2,3)4/h5-7,14,18-19,21,25-26H,8-13,15-16H2,1-4H3/t18?,19?,21-,23-/m0/s1. The van der Waals surface area contributed by atoms with Crippen LogP contribution in [0, 0.1) is 18.3 Å². The summed E-state index contributed by atoms with van der Waals surface area (Å²) in [6.45, 7) is 10.5. The first-order chi connectivity index (χ1) is 12.7. The first-order valence-corrected chi connectivity index (χ1v) is 10.5. The van der Waals surface area contributed by atoms with Gasteiger partial charge in [-0.3, -0.25) is 4.90 Å². The van der Waals surface area contributed by atoms with Crippen molar-refractivity contribution >= 4 is 0 Å². The van der Waals surface area contributed by atoms with Crippen molar-refractivity contribution in [1.29, 1.82) is 0 Å². The fourth-order valence-electron chi connectivity index (χ4n) is 4.77. The highest BCUT2D eigenvalue weighted by atomic mass is 16.5. The van der Waals surface area contributed by atoms with E-state index in [1.54, 1.807) is 0 Å². The molecule has 2 aliphatic rings. The Morgan fingerprint density at radius 1 is 1.15 bits per heavy atom. The molecule has 0 radical (unpaired) electrons. The van der Waals surface area contributed by atoms with Crippen LogP contribution in [0.15, 0.2) is 24.3 Å². The first-order valence-electron chi connectivity index (χ1n) is 10.5. The van der Waals surface area contributed by atoms with Crippen molar-refractivity contribution in [2.45, 2.75) is 77.5 Å². The summed E-state index contributed by atoms with van der Waals surface area (Å²) in [5, 5.41) is 21.6. The number of likely N-dealkylation sites (tertiary alicyclic amines) is 1. The number of aryl methyl sites for hydroxylation is 1. The Balaban J connectivity index is 1.58. The summed E-state index contributed by atoms with van der Waals surface area (Å²) in [5.41, 5.74) is 0.301. The number of hydrogen-bond donors (Lipinski definition) is 2. The molecule has 2 fully saturated rings. The van der Waals surface area contributed by atoms with Gasteiger partial charge in [-0.1, -0.05) is 32.9 Å². The average molecular weight is 376 g/mol. The van der Waals surface area contributed by atoms with Crippen LogP contribution in [0.4, 0.5) is 0 Å². The fraction of sp³-hybridized carbons (Fsp3) is 0.739. The first kappa shape index (κ1) is 20.6. The second kappa shape index (κ2) is 8.10. The van der Waals surface area contributed by atoms with Gasteiger partial charge in [-0.2, -0.15) is 0 Å². The van der Waals surface area contributed by atoms with Crippen LogP contribution < -0.4 is 4.74 Å².